The van der Waals surface area contributed by atoms with Crippen molar-refractivity contribution in [3.63, 3.8) is 0 Å². The highest BCUT2D eigenvalue weighted by Crippen LogP contribution is 2.39. The summed E-state index contributed by atoms with van der Waals surface area (Å²) >= 11 is 3.10. The number of fused-ring (bicyclic) bond motifs is 8. The summed E-state index contributed by atoms with van der Waals surface area (Å²) in [6.45, 7) is 8.20. The second-order valence-corrected chi connectivity index (χ2v) is 25.8. The molecular formula is C72H89BrN10O13. The first-order valence-electron chi connectivity index (χ1n) is 33.0. The molecule has 5 aromatic rings. The first-order chi connectivity index (χ1) is 46.3. The van der Waals surface area contributed by atoms with E-state index in [4.69, 9.17) is 39.4 Å². The van der Waals surface area contributed by atoms with E-state index in [0.29, 0.717) is 100 Å². The molecular weight excluding hydrogens is 1290 g/mol. The lowest BCUT2D eigenvalue weighted by Crippen LogP contribution is -2.58. The van der Waals surface area contributed by atoms with Gasteiger partial charge in [-0.05, 0) is 149 Å². The molecule has 7 amide bonds. The van der Waals surface area contributed by atoms with Gasteiger partial charge in [0.15, 0.2) is 0 Å². The zero-order chi connectivity index (χ0) is 68.6. The number of methoxy groups -OCH3 is 3. The molecule has 6 unspecified atom stereocenters. The normalized spacial score (nSPS) is 23.5. The molecule has 8 aliphatic heterocycles. The maximum Gasteiger partial charge on any atom is 0.412 e. The molecule has 6 atom stereocenters. The van der Waals surface area contributed by atoms with E-state index >= 15 is 0 Å². The minimum absolute atomic E-state index is 0.00681. The summed E-state index contributed by atoms with van der Waals surface area (Å²) in [7, 11) is 4.74. The van der Waals surface area contributed by atoms with Gasteiger partial charge in [-0.1, -0.05) is 77.7 Å². The molecule has 13 rings (SSSR count). The summed E-state index contributed by atoms with van der Waals surface area (Å²) in [6.07, 6.45) is 13.5. The molecule has 23 nitrogen and oxygen atoms in total. The molecule has 6 N–H and O–H groups in total. The fraction of sp³-hybridized carbons (Fsp3) is 0.472. The number of nitrogens with zero attached hydrogens (tertiary/aromatic N) is 5. The smallest absolute Gasteiger partial charge is 0.412 e. The van der Waals surface area contributed by atoms with Crippen molar-refractivity contribution in [3.8, 4) is 23.3 Å². The minimum Gasteiger partial charge on any atom is -0.495 e. The van der Waals surface area contributed by atoms with E-state index < -0.39 is 18.3 Å². The number of imide groups is 2. The van der Waals surface area contributed by atoms with Crippen LogP contribution in [0.3, 0.4) is 0 Å². The number of nitrogens with one attached hydrogen (secondary N) is 4. The lowest BCUT2D eigenvalue weighted by molar-refractivity contribution is -0.0465. The van der Waals surface area contributed by atoms with Crippen molar-refractivity contribution in [1.29, 1.82) is 5.26 Å². The third-order valence-electron chi connectivity index (χ3n) is 18.8. The number of piperidine rings is 6. The number of aryl methyl sites for hydroxylation is 3. The number of benzene rings is 5. The SMILES string of the molecule is CC#N.COc1ccc(C)cc1NC(=O)OC1CC2CCCC(C1)N2.COc1ccc(C)cc1NC(=O)OC1CC2CCCC(C1)N2CN.COc1ccc(C)cc1NC(=O)OC1CC2CCCC(C1)N2CN1C(=O)c2ccccc2C1=O.O=C1c2ccccc2C(=O)N1CBr. The fourth-order valence-electron chi connectivity index (χ4n) is 14.4. The molecule has 0 aromatic heterocycles. The van der Waals surface area contributed by atoms with Crippen LogP contribution in [0.4, 0.5) is 31.4 Å². The average Bonchev–Trinajstić information content (AvgIpc) is 1.57. The van der Waals surface area contributed by atoms with Gasteiger partial charge in [0.05, 0.1) is 78.8 Å². The van der Waals surface area contributed by atoms with E-state index in [9.17, 15) is 33.6 Å². The largest absolute Gasteiger partial charge is 0.495 e. The number of nitrogens with two attached hydrogens (primary N) is 1. The number of rotatable bonds is 13. The number of ether oxygens (including phenoxy) is 6. The van der Waals surface area contributed by atoms with E-state index in [1.165, 1.54) is 42.4 Å². The van der Waals surface area contributed by atoms with Gasteiger partial charge in [0.2, 0.25) is 0 Å². The summed E-state index contributed by atoms with van der Waals surface area (Å²) in [5.74, 6) is 0.939. The van der Waals surface area contributed by atoms with Gasteiger partial charge in [0, 0.05) is 75.5 Å². The summed E-state index contributed by atoms with van der Waals surface area (Å²) < 4.78 is 33.0. The molecule has 0 saturated carbocycles. The number of anilines is 3. The maximum atomic E-state index is 12.9. The standard InChI is InChI=1S/C26H29N3O5.C18H27N3O3.C17H24N2O3.C9H6BrNO2.C2H3N/c1-16-10-11-23(33-2)22(12-16)27-26(32)34-19-13-17-6-5-7-18(14-19)28(17)15-29-24(30)20-8-3-4-9-21(20)25(29)31;1-12-6-7-17(23-2)16(8-12)20-18(22)24-15-9-13-4-3-5-14(10-15)21(13)11-19;1-11-6-7-16(21-2)15(8-11)19-17(20)22-14-9-12-4-3-5-13(10-14)18-12;10-5-11-8(12)6-3-1-2-4-7(6)9(11)13;1-2-3/h3-4,8-12,17-19H,5-7,13-15H2,1-2H3,(H,27,32);6-8,13-15H,3-5,9-11,19H2,1-2H3,(H,20,22);6-8,12-14,18H,3-5,9-10H2,1-2H3,(H,19,20);1-4H,5H2;1H3. The van der Waals surface area contributed by atoms with E-state index in [2.05, 4.69) is 47.0 Å². The van der Waals surface area contributed by atoms with Crippen molar-refractivity contribution in [2.45, 2.75) is 179 Å². The second-order valence-electron chi connectivity index (χ2n) is 25.3. The predicted octanol–water partition coefficient (Wildman–Crippen LogP) is 12.4. The van der Waals surface area contributed by atoms with E-state index in [-0.39, 0.29) is 66.1 Å². The number of alkyl halides is 1. The van der Waals surface area contributed by atoms with Crippen molar-refractivity contribution in [2.75, 3.05) is 56.1 Å². The second kappa shape index (κ2) is 33.9. The van der Waals surface area contributed by atoms with Crippen molar-refractivity contribution in [1.82, 2.24) is 24.9 Å². The van der Waals surface area contributed by atoms with Crippen LogP contribution in [0.15, 0.2) is 103 Å². The zero-order valence-corrected chi connectivity index (χ0v) is 57.3. The van der Waals surface area contributed by atoms with Gasteiger partial charge in [-0.2, -0.15) is 5.26 Å². The third kappa shape index (κ3) is 17.9. The lowest BCUT2D eigenvalue weighted by Gasteiger charge is -2.49. The molecule has 0 aliphatic carbocycles. The third-order valence-corrected chi connectivity index (χ3v) is 19.3. The molecule has 0 spiro atoms. The summed E-state index contributed by atoms with van der Waals surface area (Å²) in [4.78, 5) is 93.0. The lowest BCUT2D eigenvalue weighted by atomic mass is 9.83. The topological polar surface area (TPSA) is 286 Å². The first kappa shape index (κ1) is 71.7. The van der Waals surface area contributed by atoms with Crippen molar-refractivity contribution >= 4 is 74.9 Å². The van der Waals surface area contributed by atoms with Crippen LogP contribution in [0.2, 0.25) is 0 Å². The van der Waals surface area contributed by atoms with Crippen LogP contribution in [0.5, 0.6) is 17.2 Å². The van der Waals surface area contributed by atoms with Gasteiger partial charge >= 0.3 is 18.3 Å². The Morgan fingerprint density at radius 1 is 0.510 bits per heavy atom. The highest BCUT2D eigenvalue weighted by atomic mass is 79.9. The van der Waals surface area contributed by atoms with Crippen LogP contribution in [0, 0.1) is 32.1 Å². The Morgan fingerprint density at radius 3 is 1.15 bits per heavy atom. The van der Waals surface area contributed by atoms with Gasteiger partial charge in [0.1, 0.15) is 35.6 Å². The molecule has 6 fully saturated rings. The molecule has 96 heavy (non-hydrogen) atoms. The Kier molecular flexibility index (Phi) is 25.3. The quantitative estimate of drug-likeness (QED) is 0.0317. The van der Waals surface area contributed by atoms with E-state index in [1.54, 1.807) is 75.9 Å². The first-order valence-corrected chi connectivity index (χ1v) is 34.1. The Hall–Kier alpha value is -8.60. The number of hydrogen-bond acceptors (Lipinski definition) is 18. The number of halogens is 1. The van der Waals surface area contributed by atoms with E-state index in [1.807, 2.05) is 75.4 Å². The molecule has 6 saturated heterocycles. The Bertz CT molecular complexity index is 3530. The van der Waals surface area contributed by atoms with Crippen LogP contribution in [0.25, 0.3) is 0 Å². The Morgan fingerprint density at radius 2 is 0.823 bits per heavy atom. The number of hydrogen-bond donors (Lipinski definition) is 5. The summed E-state index contributed by atoms with van der Waals surface area (Å²) in [6, 6.07) is 34.7. The summed E-state index contributed by atoms with van der Waals surface area (Å²) in [5.41, 5.74) is 13.1. The highest BCUT2D eigenvalue weighted by Gasteiger charge is 2.45. The maximum absolute atomic E-state index is 12.9. The molecule has 5 aromatic carbocycles. The molecule has 512 valence electrons. The van der Waals surface area contributed by atoms with Crippen LogP contribution in [-0.4, -0.2) is 156 Å². The van der Waals surface area contributed by atoms with Gasteiger partial charge in [-0.15, -0.1) is 0 Å². The van der Waals surface area contributed by atoms with Crippen LogP contribution in [-0.2, 0) is 14.2 Å². The average molecular weight is 1380 g/mol. The Labute approximate surface area is 570 Å². The van der Waals surface area contributed by atoms with Crippen molar-refractivity contribution in [2.24, 2.45) is 5.73 Å². The van der Waals surface area contributed by atoms with Gasteiger partial charge in [0.25, 0.3) is 23.6 Å². The number of carbonyl (C=O) groups is 7. The van der Waals surface area contributed by atoms with Gasteiger partial charge in [-0.25, -0.2) is 14.4 Å². The van der Waals surface area contributed by atoms with Gasteiger partial charge < -0.3 is 39.5 Å². The number of nitriles is 1. The van der Waals surface area contributed by atoms with Gasteiger partial charge in [-0.3, -0.25) is 54.7 Å². The molecule has 8 aliphatic rings. The van der Waals surface area contributed by atoms with Crippen LogP contribution < -0.4 is 41.2 Å². The summed E-state index contributed by atoms with van der Waals surface area (Å²) in [5, 5.41) is 19.4. The number of amides is 7. The highest BCUT2D eigenvalue weighted by molar-refractivity contribution is 9.09. The Balaban J connectivity index is 0.000000155. The molecule has 24 heteroatoms. The fourth-order valence-corrected chi connectivity index (χ4v) is 14.9. The predicted molar refractivity (Wildman–Crippen MR) is 367 cm³/mol. The van der Waals surface area contributed by atoms with Crippen LogP contribution >= 0.6 is 15.9 Å². The molecule has 0 radical (unpaired) electrons. The van der Waals surface area contributed by atoms with Crippen LogP contribution in [0.1, 0.15) is 161 Å². The monoisotopic (exact) mass is 1380 g/mol. The van der Waals surface area contributed by atoms with Crippen molar-refractivity contribution in [3.05, 3.63) is 142 Å². The van der Waals surface area contributed by atoms with Crippen molar-refractivity contribution < 1.29 is 62.0 Å². The zero-order valence-electron chi connectivity index (χ0n) is 55.7. The number of carbonyl (C=O) groups excluding carboxylic acids is 7. The minimum atomic E-state index is -0.499. The molecule has 8 heterocycles. The van der Waals surface area contributed by atoms with E-state index in [0.717, 1.165) is 74.5 Å². The molecule has 6 bridgehead atoms.